The van der Waals surface area contributed by atoms with Gasteiger partial charge in [0.05, 0.1) is 12.4 Å². The van der Waals surface area contributed by atoms with Crippen molar-refractivity contribution in [2.45, 2.75) is 40.0 Å². The van der Waals surface area contributed by atoms with E-state index in [4.69, 9.17) is 4.84 Å². The Morgan fingerprint density at radius 1 is 1.27 bits per heavy atom. The van der Waals surface area contributed by atoms with Gasteiger partial charge in [-0.15, -0.1) is 0 Å². The molecule has 1 rings (SSSR count). The Morgan fingerprint density at radius 2 is 1.93 bits per heavy atom. The Balaban J connectivity index is 2.51. The Bertz CT molecular complexity index is 286. The normalized spacial score (nSPS) is 20.5. The largest absolute Gasteiger partial charge is 0.284 e. The Morgan fingerprint density at radius 3 is 2.40 bits per heavy atom. The maximum absolute atomic E-state index is 11.8. The van der Waals surface area contributed by atoms with Gasteiger partial charge >= 0.3 is 0 Å². The molecule has 90 valence electrons. The van der Waals surface area contributed by atoms with Gasteiger partial charge < -0.3 is 0 Å². The van der Waals surface area contributed by atoms with Crippen molar-refractivity contribution in [1.82, 2.24) is 4.47 Å². The van der Waals surface area contributed by atoms with E-state index in [2.05, 4.69) is 0 Å². The van der Waals surface area contributed by atoms with Gasteiger partial charge in [-0.2, -0.15) is 0 Å². The van der Waals surface area contributed by atoms with Crippen LogP contribution in [0.1, 0.15) is 40.0 Å². The molecule has 1 saturated heterocycles. The Labute approximate surface area is 92.6 Å². The molecule has 1 aliphatic rings. The molecule has 15 heavy (non-hydrogen) atoms. The van der Waals surface area contributed by atoms with Crippen molar-refractivity contribution in [2.75, 3.05) is 18.9 Å². The number of rotatable bonds is 3. The lowest BCUT2D eigenvalue weighted by Crippen LogP contribution is -2.37. The van der Waals surface area contributed by atoms with Crippen molar-refractivity contribution in [3.05, 3.63) is 0 Å². The van der Waals surface area contributed by atoms with Gasteiger partial charge in [0.25, 0.3) is 0 Å². The highest BCUT2D eigenvalue weighted by Gasteiger charge is 2.26. The minimum absolute atomic E-state index is 0.0445. The molecule has 0 bridgehead atoms. The van der Waals surface area contributed by atoms with Gasteiger partial charge in [-0.3, -0.25) is 4.84 Å². The highest BCUT2D eigenvalue weighted by Crippen LogP contribution is 2.21. The van der Waals surface area contributed by atoms with E-state index in [0.29, 0.717) is 19.6 Å². The molecular weight excluding hydrogens is 214 g/mol. The summed E-state index contributed by atoms with van der Waals surface area (Å²) in [6.07, 6.45) is 2.51. The van der Waals surface area contributed by atoms with E-state index in [9.17, 15) is 8.42 Å². The highest BCUT2D eigenvalue weighted by atomic mass is 32.2. The third-order valence-corrected chi connectivity index (χ3v) is 4.02. The van der Waals surface area contributed by atoms with E-state index < -0.39 is 10.0 Å². The molecule has 0 aliphatic carbocycles. The second-order valence-corrected chi connectivity index (χ2v) is 7.17. The van der Waals surface area contributed by atoms with Crippen LogP contribution in [0, 0.1) is 5.41 Å². The SMILES string of the molecule is CC(C)(C)CCS(=O)(=O)N1CCCCO1. The summed E-state index contributed by atoms with van der Waals surface area (Å²) in [5.41, 5.74) is 0.0445. The fourth-order valence-electron chi connectivity index (χ4n) is 1.33. The first-order valence-electron chi connectivity index (χ1n) is 5.45. The Hall–Kier alpha value is -0.130. The summed E-state index contributed by atoms with van der Waals surface area (Å²) in [5.74, 6) is 0.177. The number of sulfonamides is 1. The number of hydrogen-bond donors (Lipinski definition) is 0. The van der Waals surface area contributed by atoms with E-state index in [0.717, 1.165) is 12.8 Å². The summed E-state index contributed by atoms with van der Waals surface area (Å²) in [6.45, 7) is 7.15. The molecule has 1 aliphatic heterocycles. The number of hydroxylamine groups is 1. The molecule has 0 amide bonds. The lowest BCUT2D eigenvalue weighted by Gasteiger charge is -2.26. The smallest absolute Gasteiger partial charge is 0.236 e. The molecular formula is C10H21NO3S. The first-order chi connectivity index (χ1) is 6.81. The van der Waals surface area contributed by atoms with Crippen molar-refractivity contribution in [3.63, 3.8) is 0 Å². The van der Waals surface area contributed by atoms with Crippen LogP contribution in [0.5, 0.6) is 0 Å². The van der Waals surface area contributed by atoms with Crippen LogP contribution < -0.4 is 0 Å². The summed E-state index contributed by atoms with van der Waals surface area (Å²) >= 11 is 0. The third-order valence-electron chi connectivity index (χ3n) is 2.39. The van der Waals surface area contributed by atoms with Gasteiger partial charge in [-0.1, -0.05) is 25.2 Å². The first kappa shape index (κ1) is 12.9. The lowest BCUT2D eigenvalue weighted by atomic mass is 9.94. The molecule has 0 aromatic carbocycles. The van der Waals surface area contributed by atoms with Crippen LogP contribution in [0.4, 0.5) is 0 Å². The van der Waals surface area contributed by atoms with Gasteiger partial charge in [-0.25, -0.2) is 8.42 Å². The predicted octanol–water partition coefficient (Wildman–Crippen LogP) is 1.78. The van der Waals surface area contributed by atoms with Crippen molar-refractivity contribution >= 4 is 10.0 Å². The summed E-state index contributed by atoms with van der Waals surface area (Å²) in [4.78, 5) is 5.15. The molecule has 0 N–H and O–H groups in total. The Kier molecular flexibility index (Phi) is 4.14. The van der Waals surface area contributed by atoms with Crippen LogP contribution in [0.25, 0.3) is 0 Å². The second kappa shape index (κ2) is 4.80. The molecule has 0 aromatic rings. The van der Waals surface area contributed by atoms with E-state index in [1.165, 1.54) is 4.47 Å². The van der Waals surface area contributed by atoms with Crippen LogP contribution in [0.15, 0.2) is 0 Å². The average Bonchev–Trinajstić information content (AvgIpc) is 2.16. The number of hydrogen-bond acceptors (Lipinski definition) is 3. The molecule has 0 aromatic heterocycles. The van der Waals surface area contributed by atoms with Crippen LogP contribution in [-0.2, 0) is 14.9 Å². The molecule has 4 nitrogen and oxygen atoms in total. The van der Waals surface area contributed by atoms with Gasteiger partial charge in [0, 0.05) is 6.54 Å². The highest BCUT2D eigenvalue weighted by molar-refractivity contribution is 7.88. The van der Waals surface area contributed by atoms with Crippen LogP contribution in [-0.4, -0.2) is 31.8 Å². The molecule has 1 fully saturated rings. The minimum atomic E-state index is -3.21. The van der Waals surface area contributed by atoms with E-state index >= 15 is 0 Å². The summed E-state index contributed by atoms with van der Waals surface area (Å²) in [5, 5.41) is 0. The molecule has 0 unspecified atom stereocenters. The fraction of sp³-hybridized carbons (Fsp3) is 1.00. The van der Waals surface area contributed by atoms with Crippen LogP contribution in [0.3, 0.4) is 0 Å². The second-order valence-electron chi connectivity index (χ2n) is 5.19. The standard InChI is InChI=1S/C10H21NO3S/c1-10(2,3)6-9-15(12,13)11-7-4-5-8-14-11/h4-9H2,1-3H3. The van der Waals surface area contributed by atoms with E-state index in [1.54, 1.807) is 0 Å². The zero-order chi connectivity index (χ0) is 11.5. The molecule has 0 atom stereocenters. The molecule has 0 saturated carbocycles. The van der Waals surface area contributed by atoms with Crippen molar-refractivity contribution < 1.29 is 13.3 Å². The van der Waals surface area contributed by atoms with Crippen LogP contribution in [0.2, 0.25) is 0 Å². The van der Waals surface area contributed by atoms with Crippen molar-refractivity contribution in [2.24, 2.45) is 5.41 Å². The zero-order valence-electron chi connectivity index (χ0n) is 9.82. The van der Waals surface area contributed by atoms with E-state index in [1.807, 2.05) is 20.8 Å². The molecule has 0 radical (unpaired) electrons. The summed E-state index contributed by atoms with van der Waals surface area (Å²) < 4.78 is 24.8. The third kappa shape index (κ3) is 4.49. The van der Waals surface area contributed by atoms with Crippen molar-refractivity contribution in [3.8, 4) is 0 Å². The van der Waals surface area contributed by atoms with E-state index in [-0.39, 0.29) is 11.2 Å². The van der Waals surface area contributed by atoms with Gasteiger partial charge in [-0.05, 0) is 24.7 Å². The zero-order valence-corrected chi connectivity index (χ0v) is 10.6. The first-order valence-corrected chi connectivity index (χ1v) is 7.05. The lowest BCUT2D eigenvalue weighted by molar-refractivity contribution is -0.108. The quantitative estimate of drug-likeness (QED) is 0.749. The predicted molar refractivity (Wildman–Crippen MR) is 59.8 cm³/mol. The van der Waals surface area contributed by atoms with Crippen molar-refractivity contribution in [1.29, 1.82) is 0 Å². The molecule has 0 spiro atoms. The van der Waals surface area contributed by atoms with Gasteiger partial charge in [0.1, 0.15) is 0 Å². The average molecular weight is 235 g/mol. The van der Waals surface area contributed by atoms with Gasteiger partial charge in [0.15, 0.2) is 0 Å². The fourth-order valence-corrected chi connectivity index (χ4v) is 3.05. The molecule has 5 heteroatoms. The maximum atomic E-state index is 11.8. The summed E-state index contributed by atoms with van der Waals surface area (Å²) in [7, 11) is -3.21. The summed E-state index contributed by atoms with van der Waals surface area (Å²) in [6, 6.07) is 0. The molecule has 1 heterocycles. The maximum Gasteiger partial charge on any atom is 0.236 e. The van der Waals surface area contributed by atoms with Crippen LogP contribution >= 0.6 is 0 Å². The minimum Gasteiger partial charge on any atom is -0.284 e. The topological polar surface area (TPSA) is 46.6 Å². The number of nitrogens with zero attached hydrogens (tertiary/aromatic N) is 1. The van der Waals surface area contributed by atoms with Gasteiger partial charge in [0.2, 0.25) is 10.0 Å². The monoisotopic (exact) mass is 235 g/mol.